The summed E-state index contributed by atoms with van der Waals surface area (Å²) in [7, 11) is 0. The summed E-state index contributed by atoms with van der Waals surface area (Å²) in [6, 6.07) is 11.7. The fourth-order valence-corrected chi connectivity index (χ4v) is 3.80. The predicted molar refractivity (Wildman–Crippen MR) is 96.2 cm³/mol. The van der Waals surface area contributed by atoms with Crippen molar-refractivity contribution in [2.45, 2.75) is 13.8 Å². The topological polar surface area (TPSA) is 42.0 Å². The average molecular weight is 408 g/mol. The van der Waals surface area contributed by atoms with Crippen LogP contribution in [0.1, 0.15) is 21.5 Å². The van der Waals surface area contributed by atoms with Crippen LogP contribution in [0.3, 0.4) is 0 Å². The molecule has 2 aromatic carbocycles. The van der Waals surface area contributed by atoms with Gasteiger partial charge in [-0.3, -0.25) is 10.1 Å². The van der Waals surface area contributed by atoms with Crippen molar-refractivity contribution >= 4 is 55.2 Å². The molecule has 5 heteroatoms. The highest BCUT2D eigenvalue weighted by atomic mass is 127. The van der Waals surface area contributed by atoms with Crippen molar-refractivity contribution in [3.8, 4) is 0 Å². The quantitative estimate of drug-likeness (QED) is 0.621. The van der Waals surface area contributed by atoms with E-state index in [1.807, 2.05) is 25.1 Å². The number of anilines is 1. The van der Waals surface area contributed by atoms with E-state index in [0.29, 0.717) is 10.7 Å². The van der Waals surface area contributed by atoms with E-state index >= 15 is 0 Å². The summed E-state index contributed by atoms with van der Waals surface area (Å²) in [6.45, 7) is 4.11. The molecule has 1 aromatic heterocycles. The number of fused-ring (bicyclic) bond motifs is 1. The van der Waals surface area contributed by atoms with Gasteiger partial charge >= 0.3 is 0 Å². The van der Waals surface area contributed by atoms with Crippen LogP contribution < -0.4 is 5.32 Å². The maximum absolute atomic E-state index is 12.2. The Morgan fingerprint density at radius 3 is 2.81 bits per heavy atom. The SMILES string of the molecule is Cc1cc(C)c2nc(NC(=O)c3cccc(I)c3)sc2c1. The molecule has 0 spiro atoms. The van der Waals surface area contributed by atoms with E-state index in [2.05, 4.69) is 51.9 Å². The molecule has 106 valence electrons. The van der Waals surface area contributed by atoms with Gasteiger partial charge in [-0.15, -0.1) is 0 Å². The first-order valence-electron chi connectivity index (χ1n) is 6.47. The number of nitrogens with zero attached hydrogens (tertiary/aromatic N) is 1. The first-order valence-corrected chi connectivity index (χ1v) is 8.37. The van der Waals surface area contributed by atoms with Crippen molar-refractivity contribution in [1.29, 1.82) is 0 Å². The maximum Gasteiger partial charge on any atom is 0.257 e. The molecular formula is C16H13IN2OS. The van der Waals surface area contributed by atoms with Gasteiger partial charge < -0.3 is 0 Å². The smallest absolute Gasteiger partial charge is 0.257 e. The molecule has 0 bridgehead atoms. The number of aryl methyl sites for hydroxylation is 2. The number of carbonyl (C=O) groups is 1. The molecule has 0 fully saturated rings. The molecule has 0 saturated carbocycles. The lowest BCUT2D eigenvalue weighted by Crippen LogP contribution is -2.11. The minimum Gasteiger partial charge on any atom is -0.298 e. The van der Waals surface area contributed by atoms with Crippen LogP contribution in [0.4, 0.5) is 5.13 Å². The third-order valence-electron chi connectivity index (χ3n) is 3.14. The van der Waals surface area contributed by atoms with Crippen LogP contribution in [-0.2, 0) is 0 Å². The van der Waals surface area contributed by atoms with E-state index in [0.717, 1.165) is 19.4 Å². The number of benzene rings is 2. The number of thiazole rings is 1. The molecule has 0 unspecified atom stereocenters. The van der Waals surface area contributed by atoms with Crippen LogP contribution in [-0.4, -0.2) is 10.9 Å². The lowest BCUT2D eigenvalue weighted by molar-refractivity contribution is 0.102. The van der Waals surface area contributed by atoms with Gasteiger partial charge in [0.15, 0.2) is 5.13 Å². The second kappa shape index (κ2) is 5.73. The molecule has 1 N–H and O–H groups in total. The summed E-state index contributed by atoms with van der Waals surface area (Å²) in [6.07, 6.45) is 0. The second-order valence-electron chi connectivity index (χ2n) is 4.91. The summed E-state index contributed by atoms with van der Waals surface area (Å²) < 4.78 is 2.14. The van der Waals surface area contributed by atoms with E-state index in [1.54, 1.807) is 6.07 Å². The number of hydrogen-bond donors (Lipinski definition) is 1. The van der Waals surface area contributed by atoms with Crippen molar-refractivity contribution in [2.75, 3.05) is 5.32 Å². The third-order valence-corrected chi connectivity index (χ3v) is 4.73. The molecule has 21 heavy (non-hydrogen) atoms. The largest absolute Gasteiger partial charge is 0.298 e. The van der Waals surface area contributed by atoms with Crippen molar-refractivity contribution in [3.05, 3.63) is 56.7 Å². The second-order valence-corrected chi connectivity index (χ2v) is 7.19. The number of carbonyl (C=O) groups excluding carboxylic acids is 1. The molecule has 0 aliphatic carbocycles. The molecule has 0 saturated heterocycles. The monoisotopic (exact) mass is 408 g/mol. The van der Waals surface area contributed by atoms with E-state index < -0.39 is 0 Å². The minimum absolute atomic E-state index is 0.123. The highest BCUT2D eigenvalue weighted by molar-refractivity contribution is 14.1. The highest BCUT2D eigenvalue weighted by Gasteiger charge is 2.11. The molecule has 0 radical (unpaired) electrons. The van der Waals surface area contributed by atoms with Crippen LogP contribution in [0.2, 0.25) is 0 Å². The van der Waals surface area contributed by atoms with Crippen LogP contribution >= 0.6 is 33.9 Å². The van der Waals surface area contributed by atoms with Gasteiger partial charge in [0.2, 0.25) is 0 Å². The molecule has 0 atom stereocenters. The van der Waals surface area contributed by atoms with Crippen LogP contribution in [0.15, 0.2) is 36.4 Å². The van der Waals surface area contributed by atoms with Crippen LogP contribution in [0.25, 0.3) is 10.2 Å². The predicted octanol–water partition coefficient (Wildman–Crippen LogP) is 4.77. The van der Waals surface area contributed by atoms with Crippen LogP contribution in [0.5, 0.6) is 0 Å². The van der Waals surface area contributed by atoms with Gasteiger partial charge in [0.05, 0.1) is 10.2 Å². The summed E-state index contributed by atoms with van der Waals surface area (Å²) in [5, 5.41) is 3.53. The first-order chi connectivity index (χ1) is 10.0. The van der Waals surface area contributed by atoms with E-state index in [9.17, 15) is 4.79 Å². The molecule has 0 aliphatic rings. The zero-order chi connectivity index (χ0) is 15.0. The average Bonchev–Trinajstić information content (AvgIpc) is 2.81. The third kappa shape index (κ3) is 3.08. The Hall–Kier alpha value is -1.47. The number of aromatic nitrogens is 1. The normalized spacial score (nSPS) is 10.8. The zero-order valence-corrected chi connectivity index (χ0v) is 14.6. The van der Waals surface area contributed by atoms with E-state index in [-0.39, 0.29) is 5.91 Å². The van der Waals surface area contributed by atoms with Crippen molar-refractivity contribution in [3.63, 3.8) is 0 Å². The molecule has 0 aliphatic heterocycles. The fraction of sp³-hybridized carbons (Fsp3) is 0.125. The van der Waals surface area contributed by atoms with Crippen molar-refractivity contribution in [2.24, 2.45) is 0 Å². The van der Waals surface area contributed by atoms with Gasteiger partial charge in [-0.2, -0.15) is 0 Å². The molecule has 1 amide bonds. The Balaban J connectivity index is 1.91. The Bertz CT molecular complexity index is 841. The van der Waals surface area contributed by atoms with Crippen LogP contribution in [0, 0.1) is 17.4 Å². The van der Waals surface area contributed by atoms with Crippen molar-refractivity contribution < 1.29 is 4.79 Å². The molecule has 3 nitrogen and oxygen atoms in total. The molecule has 3 rings (SSSR count). The maximum atomic E-state index is 12.2. The number of nitrogens with one attached hydrogen (secondary N) is 1. The van der Waals surface area contributed by atoms with Crippen molar-refractivity contribution in [1.82, 2.24) is 4.98 Å². The number of hydrogen-bond acceptors (Lipinski definition) is 3. The van der Waals surface area contributed by atoms with Gasteiger partial charge in [-0.05, 0) is 71.8 Å². The summed E-state index contributed by atoms with van der Waals surface area (Å²) in [5.41, 5.74) is 3.95. The molecular weight excluding hydrogens is 395 g/mol. The summed E-state index contributed by atoms with van der Waals surface area (Å²) in [5.74, 6) is -0.123. The standard InChI is InChI=1S/C16H13IN2OS/c1-9-6-10(2)14-13(7-9)21-16(18-14)19-15(20)11-4-3-5-12(17)8-11/h3-8H,1-2H3,(H,18,19,20). The van der Waals surface area contributed by atoms with Gasteiger partial charge in [0.1, 0.15) is 0 Å². The van der Waals surface area contributed by atoms with Gasteiger partial charge in [-0.25, -0.2) is 4.98 Å². The lowest BCUT2D eigenvalue weighted by Gasteiger charge is -2.01. The Labute approximate surface area is 140 Å². The number of halogens is 1. The van der Waals surface area contributed by atoms with E-state index in [1.165, 1.54) is 16.9 Å². The van der Waals surface area contributed by atoms with Gasteiger partial charge in [0.25, 0.3) is 5.91 Å². The Morgan fingerprint density at radius 1 is 1.24 bits per heavy atom. The van der Waals surface area contributed by atoms with Gasteiger partial charge in [0, 0.05) is 9.13 Å². The van der Waals surface area contributed by atoms with E-state index in [4.69, 9.17) is 0 Å². The lowest BCUT2D eigenvalue weighted by atomic mass is 10.1. The fourth-order valence-electron chi connectivity index (χ4n) is 2.22. The molecule has 3 aromatic rings. The first kappa shape index (κ1) is 14.5. The minimum atomic E-state index is -0.123. The molecule has 1 heterocycles. The Kier molecular flexibility index (Phi) is 3.95. The summed E-state index contributed by atoms with van der Waals surface area (Å²) in [4.78, 5) is 16.8. The number of amides is 1. The zero-order valence-electron chi connectivity index (χ0n) is 11.6. The number of rotatable bonds is 2. The Morgan fingerprint density at radius 2 is 2.05 bits per heavy atom. The summed E-state index contributed by atoms with van der Waals surface area (Å²) >= 11 is 3.70. The highest BCUT2D eigenvalue weighted by Crippen LogP contribution is 2.29. The van der Waals surface area contributed by atoms with Gasteiger partial charge in [-0.1, -0.05) is 23.5 Å².